The first kappa shape index (κ1) is 16.4. The van der Waals surface area contributed by atoms with Crippen molar-refractivity contribution in [3.8, 4) is 0 Å². The van der Waals surface area contributed by atoms with Crippen molar-refractivity contribution < 1.29 is 19.4 Å². The normalized spacial score (nSPS) is 29.3. The van der Waals surface area contributed by atoms with E-state index in [0.29, 0.717) is 26.1 Å². The Morgan fingerprint density at radius 1 is 1.33 bits per heavy atom. The van der Waals surface area contributed by atoms with Crippen LogP contribution in [0.5, 0.6) is 0 Å². The highest BCUT2D eigenvalue weighted by atomic mass is 32.2. The Kier molecular flexibility index (Phi) is 5.03. The van der Waals surface area contributed by atoms with Gasteiger partial charge in [-0.1, -0.05) is 13.8 Å². The summed E-state index contributed by atoms with van der Waals surface area (Å²) in [6, 6.07) is -0.938. The number of aliphatic carboxylic acids is 1. The van der Waals surface area contributed by atoms with Crippen LogP contribution in [0.1, 0.15) is 26.7 Å². The predicted molar refractivity (Wildman–Crippen MR) is 81.7 cm³/mol. The van der Waals surface area contributed by atoms with Crippen molar-refractivity contribution >= 4 is 23.8 Å². The van der Waals surface area contributed by atoms with Crippen LogP contribution in [0.3, 0.4) is 0 Å². The average Bonchev–Trinajstić information content (AvgIpc) is 2.77. The van der Waals surface area contributed by atoms with Crippen molar-refractivity contribution in [1.82, 2.24) is 9.80 Å². The van der Waals surface area contributed by atoms with Gasteiger partial charge in [-0.25, -0.2) is 9.59 Å². The molecule has 2 unspecified atom stereocenters. The molecule has 0 saturated carbocycles. The van der Waals surface area contributed by atoms with Gasteiger partial charge in [0, 0.05) is 43.7 Å². The van der Waals surface area contributed by atoms with E-state index in [1.54, 1.807) is 12.0 Å². The van der Waals surface area contributed by atoms with Crippen LogP contribution in [0, 0.1) is 0 Å². The molecule has 2 aliphatic heterocycles. The molecule has 1 N–H and O–H groups in total. The van der Waals surface area contributed by atoms with Crippen LogP contribution >= 0.6 is 11.8 Å². The maximum atomic E-state index is 12.7. The molecule has 0 bridgehead atoms. The molecule has 2 saturated heterocycles. The third kappa shape index (κ3) is 3.83. The van der Waals surface area contributed by atoms with Gasteiger partial charge in [0.05, 0.1) is 6.10 Å². The van der Waals surface area contributed by atoms with Crippen LogP contribution in [-0.4, -0.2) is 76.3 Å². The number of hydrogen-bond acceptors (Lipinski definition) is 4. The molecule has 21 heavy (non-hydrogen) atoms. The number of likely N-dealkylation sites (tertiary alicyclic amines) is 1. The van der Waals surface area contributed by atoms with Gasteiger partial charge in [0.2, 0.25) is 0 Å². The molecule has 7 heteroatoms. The number of hydrogen-bond donors (Lipinski definition) is 1. The predicted octanol–water partition coefficient (Wildman–Crippen LogP) is 1.50. The maximum absolute atomic E-state index is 12.7. The summed E-state index contributed by atoms with van der Waals surface area (Å²) in [5, 5.41) is 9.31. The number of carbonyl (C=O) groups excluding carboxylic acids is 1. The number of methoxy groups -OCH3 is 1. The van der Waals surface area contributed by atoms with Gasteiger partial charge in [-0.2, -0.15) is 11.8 Å². The Balaban J connectivity index is 2.05. The summed E-state index contributed by atoms with van der Waals surface area (Å²) < 4.78 is 5.41. The van der Waals surface area contributed by atoms with Crippen molar-refractivity contribution in [2.75, 3.05) is 32.5 Å². The zero-order valence-electron chi connectivity index (χ0n) is 12.9. The molecule has 2 atom stereocenters. The van der Waals surface area contributed by atoms with Crippen molar-refractivity contribution in [1.29, 1.82) is 0 Å². The number of carboxylic acid groups (broad SMARTS) is 1. The van der Waals surface area contributed by atoms with E-state index in [-0.39, 0.29) is 16.9 Å². The molecule has 0 aliphatic carbocycles. The van der Waals surface area contributed by atoms with Gasteiger partial charge < -0.3 is 19.6 Å². The molecule has 2 amide bonds. The highest BCUT2D eigenvalue weighted by molar-refractivity contribution is 8.00. The monoisotopic (exact) mass is 316 g/mol. The molecule has 2 fully saturated rings. The summed E-state index contributed by atoms with van der Waals surface area (Å²) >= 11 is 1.86. The van der Waals surface area contributed by atoms with Gasteiger partial charge in [-0.15, -0.1) is 0 Å². The molecule has 0 spiro atoms. The Labute approximate surface area is 129 Å². The molecule has 0 radical (unpaired) electrons. The van der Waals surface area contributed by atoms with Gasteiger partial charge in [0.1, 0.15) is 6.04 Å². The minimum atomic E-state index is -0.951. The number of ether oxygens (including phenoxy) is 1. The average molecular weight is 316 g/mol. The Morgan fingerprint density at radius 3 is 2.67 bits per heavy atom. The highest BCUT2D eigenvalue weighted by Crippen LogP contribution is 2.31. The second-order valence-corrected chi connectivity index (χ2v) is 8.03. The summed E-state index contributed by atoms with van der Waals surface area (Å²) in [7, 11) is 1.56. The minimum absolute atomic E-state index is 0.166. The fraction of sp³-hybridized carbons (Fsp3) is 0.857. The van der Waals surface area contributed by atoms with Crippen LogP contribution in [0.4, 0.5) is 4.79 Å². The number of thioether (sulfide) groups is 1. The van der Waals surface area contributed by atoms with E-state index in [1.165, 1.54) is 4.90 Å². The van der Waals surface area contributed by atoms with Crippen LogP contribution in [0.25, 0.3) is 0 Å². The van der Waals surface area contributed by atoms with E-state index in [9.17, 15) is 14.7 Å². The van der Waals surface area contributed by atoms with Crippen LogP contribution in [-0.2, 0) is 9.53 Å². The van der Waals surface area contributed by atoms with E-state index >= 15 is 0 Å². The van der Waals surface area contributed by atoms with Crippen LogP contribution < -0.4 is 0 Å². The van der Waals surface area contributed by atoms with Gasteiger partial charge in [-0.3, -0.25) is 0 Å². The SMILES string of the molecule is COC1CC(C(=O)O)N(C(=O)N2CCSC(C)(C)CC2)C1. The molecule has 6 nitrogen and oxygen atoms in total. The number of amides is 2. The zero-order chi connectivity index (χ0) is 15.6. The fourth-order valence-electron chi connectivity index (χ4n) is 2.81. The van der Waals surface area contributed by atoms with E-state index in [4.69, 9.17) is 4.74 Å². The third-order valence-corrected chi connectivity index (χ3v) is 5.61. The van der Waals surface area contributed by atoms with E-state index < -0.39 is 12.0 Å². The molecule has 0 aromatic heterocycles. The quantitative estimate of drug-likeness (QED) is 0.836. The summed E-state index contributed by atoms with van der Waals surface area (Å²) in [4.78, 5) is 27.3. The molecular weight excluding hydrogens is 292 g/mol. The standard InChI is InChI=1S/C14H24N2O4S/c1-14(2)4-5-15(6-7-21-14)13(19)16-9-10(20-3)8-11(16)12(17)18/h10-11H,4-9H2,1-3H3,(H,17,18). The summed E-state index contributed by atoms with van der Waals surface area (Å²) in [6.45, 7) is 6.08. The first-order valence-electron chi connectivity index (χ1n) is 7.29. The first-order valence-corrected chi connectivity index (χ1v) is 8.28. The summed E-state index contributed by atoms with van der Waals surface area (Å²) in [6.07, 6.45) is 1.10. The topological polar surface area (TPSA) is 70.1 Å². The Bertz CT molecular complexity index is 416. The molecule has 2 heterocycles. The molecule has 120 valence electrons. The minimum Gasteiger partial charge on any atom is -0.480 e. The van der Waals surface area contributed by atoms with Crippen molar-refractivity contribution in [2.45, 2.75) is 43.6 Å². The van der Waals surface area contributed by atoms with Crippen molar-refractivity contribution in [2.24, 2.45) is 0 Å². The lowest BCUT2D eigenvalue weighted by atomic mass is 10.1. The number of carbonyl (C=O) groups is 2. The second-order valence-electron chi connectivity index (χ2n) is 6.23. The largest absolute Gasteiger partial charge is 0.480 e. The fourth-order valence-corrected chi connectivity index (χ4v) is 3.91. The lowest BCUT2D eigenvalue weighted by Gasteiger charge is -2.29. The Morgan fingerprint density at radius 2 is 2.05 bits per heavy atom. The number of carboxylic acids is 1. The van der Waals surface area contributed by atoms with Crippen molar-refractivity contribution in [3.05, 3.63) is 0 Å². The zero-order valence-corrected chi connectivity index (χ0v) is 13.7. The van der Waals surface area contributed by atoms with E-state index in [0.717, 1.165) is 12.2 Å². The molecule has 2 rings (SSSR count). The second kappa shape index (κ2) is 6.44. The van der Waals surface area contributed by atoms with E-state index in [2.05, 4.69) is 13.8 Å². The van der Waals surface area contributed by atoms with Gasteiger partial charge >= 0.3 is 12.0 Å². The first-order chi connectivity index (χ1) is 9.84. The molecule has 2 aliphatic rings. The van der Waals surface area contributed by atoms with Crippen LogP contribution in [0.2, 0.25) is 0 Å². The summed E-state index contributed by atoms with van der Waals surface area (Å²) in [5.41, 5.74) is 0. The third-order valence-electron chi connectivity index (χ3n) is 4.24. The highest BCUT2D eigenvalue weighted by Gasteiger charge is 2.41. The molecule has 0 aromatic rings. The number of rotatable bonds is 2. The number of urea groups is 1. The van der Waals surface area contributed by atoms with Gasteiger partial charge in [-0.05, 0) is 6.42 Å². The molecular formula is C14H24N2O4S. The Hall–Kier alpha value is -0.950. The summed E-state index contributed by atoms with van der Waals surface area (Å²) in [5.74, 6) is -0.0645. The van der Waals surface area contributed by atoms with Gasteiger partial charge in [0.15, 0.2) is 0 Å². The maximum Gasteiger partial charge on any atom is 0.326 e. The lowest BCUT2D eigenvalue weighted by Crippen LogP contribution is -2.49. The molecule has 0 aromatic carbocycles. The van der Waals surface area contributed by atoms with Crippen LogP contribution in [0.15, 0.2) is 0 Å². The van der Waals surface area contributed by atoms with E-state index in [1.807, 2.05) is 11.8 Å². The smallest absolute Gasteiger partial charge is 0.326 e. The van der Waals surface area contributed by atoms with Crippen molar-refractivity contribution in [3.63, 3.8) is 0 Å². The lowest BCUT2D eigenvalue weighted by molar-refractivity contribution is -0.141. The van der Waals surface area contributed by atoms with Gasteiger partial charge in [0.25, 0.3) is 0 Å². The number of nitrogens with zero attached hydrogens (tertiary/aromatic N) is 2.